The van der Waals surface area contributed by atoms with E-state index in [2.05, 4.69) is 53.5 Å². The third-order valence-electron chi connectivity index (χ3n) is 4.03. The van der Waals surface area contributed by atoms with E-state index < -0.39 is 0 Å². The Balaban J connectivity index is 1.97. The number of methoxy groups -OCH3 is 1. The average Bonchev–Trinajstić information content (AvgIpc) is 3.02. The number of nitrogens with zero attached hydrogens (tertiary/aromatic N) is 2. The summed E-state index contributed by atoms with van der Waals surface area (Å²) in [6.07, 6.45) is 2.32. The Morgan fingerprint density at radius 1 is 1.05 bits per heavy atom. The lowest BCUT2D eigenvalue weighted by atomic mass is 10.0. The summed E-state index contributed by atoms with van der Waals surface area (Å²) in [5, 5.41) is 7.18. The highest BCUT2D eigenvalue weighted by Gasteiger charge is 2.24. The summed E-state index contributed by atoms with van der Waals surface area (Å²) in [6.45, 7) is 1.73. The van der Waals surface area contributed by atoms with Crippen molar-refractivity contribution in [3.8, 4) is 0 Å². The number of hydrogen-bond donors (Lipinski definition) is 0. The molecule has 0 aromatic heterocycles. The fourth-order valence-corrected chi connectivity index (χ4v) is 2.92. The Hall–Kier alpha value is -2.13. The first-order valence-corrected chi connectivity index (χ1v) is 7.83. The fraction of sp³-hybridized carbons (Fsp3) is 0.316. The molecule has 1 fully saturated rings. The molecule has 0 unspecified atom stereocenters. The van der Waals surface area contributed by atoms with E-state index in [1.165, 1.54) is 6.42 Å². The second-order valence-electron chi connectivity index (χ2n) is 5.60. The van der Waals surface area contributed by atoms with Gasteiger partial charge < -0.3 is 4.74 Å². The Bertz CT molecular complexity index is 568. The number of benzene rings is 2. The third-order valence-corrected chi connectivity index (χ3v) is 4.03. The van der Waals surface area contributed by atoms with Crippen LogP contribution < -0.4 is 0 Å². The Morgan fingerprint density at radius 2 is 1.64 bits per heavy atom. The maximum atomic E-state index is 5.34. The molecule has 0 saturated carbocycles. The molecule has 22 heavy (non-hydrogen) atoms. The number of hydrogen-bond acceptors (Lipinski definition) is 3. The molecule has 3 heteroatoms. The van der Waals surface area contributed by atoms with Crippen LogP contribution in [0.2, 0.25) is 0 Å². The van der Waals surface area contributed by atoms with Gasteiger partial charge in [0.15, 0.2) is 0 Å². The van der Waals surface area contributed by atoms with Crippen LogP contribution in [0.4, 0.5) is 0 Å². The highest BCUT2D eigenvalue weighted by Crippen LogP contribution is 2.20. The van der Waals surface area contributed by atoms with E-state index in [1.54, 1.807) is 7.11 Å². The Morgan fingerprint density at radius 3 is 2.18 bits per heavy atom. The van der Waals surface area contributed by atoms with Gasteiger partial charge in [-0.3, -0.25) is 5.01 Å². The largest absolute Gasteiger partial charge is 0.382 e. The van der Waals surface area contributed by atoms with Crippen molar-refractivity contribution in [3.05, 3.63) is 71.8 Å². The van der Waals surface area contributed by atoms with Crippen LogP contribution in [0, 0.1) is 0 Å². The molecule has 0 N–H and O–H groups in total. The average molecular weight is 294 g/mol. The normalized spacial score (nSPS) is 17.5. The van der Waals surface area contributed by atoms with Crippen LogP contribution in [-0.4, -0.2) is 37.0 Å². The summed E-state index contributed by atoms with van der Waals surface area (Å²) < 4.78 is 5.34. The molecule has 0 amide bonds. The quantitative estimate of drug-likeness (QED) is 0.788. The van der Waals surface area contributed by atoms with Gasteiger partial charge in [0, 0.05) is 24.8 Å². The zero-order chi connectivity index (χ0) is 15.2. The SMILES string of the molecule is COC[C@@H]1CCCN1N=C(c1ccccc1)c1ccccc1. The molecule has 0 aliphatic carbocycles. The molecule has 1 atom stereocenters. The number of ether oxygens (including phenoxy) is 1. The maximum absolute atomic E-state index is 5.34. The molecule has 0 bridgehead atoms. The summed E-state index contributed by atoms with van der Waals surface area (Å²) in [4.78, 5) is 0. The van der Waals surface area contributed by atoms with Gasteiger partial charge in [-0.25, -0.2) is 0 Å². The molecule has 1 heterocycles. The van der Waals surface area contributed by atoms with Gasteiger partial charge in [-0.2, -0.15) is 5.10 Å². The van der Waals surface area contributed by atoms with Crippen molar-refractivity contribution in [1.29, 1.82) is 0 Å². The summed E-state index contributed by atoms with van der Waals surface area (Å²) in [5.41, 5.74) is 3.33. The van der Waals surface area contributed by atoms with Gasteiger partial charge >= 0.3 is 0 Å². The molecule has 2 aromatic rings. The molecule has 0 spiro atoms. The highest BCUT2D eigenvalue weighted by atomic mass is 16.5. The molecule has 114 valence electrons. The van der Waals surface area contributed by atoms with Crippen molar-refractivity contribution in [2.75, 3.05) is 20.3 Å². The van der Waals surface area contributed by atoms with E-state index in [9.17, 15) is 0 Å². The smallest absolute Gasteiger partial charge is 0.0976 e. The zero-order valence-corrected chi connectivity index (χ0v) is 13.0. The van der Waals surface area contributed by atoms with Crippen LogP contribution in [-0.2, 0) is 4.74 Å². The second-order valence-corrected chi connectivity index (χ2v) is 5.60. The highest BCUT2D eigenvalue weighted by molar-refractivity contribution is 6.12. The molecule has 1 saturated heterocycles. The van der Waals surface area contributed by atoms with Gasteiger partial charge in [-0.15, -0.1) is 0 Å². The van der Waals surface area contributed by atoms with Crippen LogP contribution in [0.15, 0.2) is 65.8 Å². The third kappa shape index (κ3) is 3.37. The minimum absolute atomic E-state index is 0.382. The van der Waals surface area contributed by atoms with Crippen molar-refractivity contribution < 1.29 is 4.74 Å². The fourth-order valence-electron chi connectivity index (χ4n) is 2.92. The van der Waals surface area contributed by atoms with Gasteiger partial charge in [0.2, 0.25) is 0 Å². The van der Waals surface area contributed by atoms with E-state index in [4.69, 9.17) is 9.84 Å². The number of hydrazone groups is 1. The number of rotatable bonds is 5. The zero-order valence-electron chi connectivity index (χ0n) is 13.0. The second kappa shape index (κ2) is 7.23. The van der Waals surface area contributed by atoms with Gasteiger partial charge in [0.1, 0.15) is 0 Å². The van der Waals surface area contributed by atoms with E-state index in [0.29, 0.717) is 6.04 Å². The molecule has 2 aromatic carbocycles. The van der Waals surface area contributed by atoms with Gasteiger partial charge in [-0.05, 0) is 12.8 Å². The standard InChI is InChI=1S/C19H22N2O/c1-22-15-18-13-8-14-21(18)20-19(16-9-4-2-5-10-16)17-11-6-3-7-12-17/h2-7,9-12,18H,8,13-15H2,1H3/t18-/m0/s1. The predicted octanol–water partition coefficient (Wildman–Crippen LogP) is 3.55. The molecule has 1 aliphatic heterocycles. The summed E-state index contributed by atoms with van der Waals surface area (Å²) in [5.74, 6) is 0. The molecule has 3 rings (SSSR count). The van der Waals surface area contributed by atoms with Crippen LogP contribution >= 0.6 is 0 Å². The van der Waals surface area contributed by atoms with Crippen molar-refractivity contribution in [2.24, 2.45) is 5.10 Å². The lowest BCUT2D eigenvalue weighted by Crippen LogP contribution is -2.30. The van der Waals surface area contributed by atoms with Gasteiger partial charge in [0.25, 0.3) is 0 Å². The molecule has 0 radical (unpaired) electrons. The van der Waals surface area contributed by atoms with Crippen LogP contribution in [0.1, 0.15) is 24.0 Å². The first-order valence-electron chi connectivity index (χ1n) is 7.83. The van der Waals surface area contributed by atoms with Gasteiger partial charge in [-0.1, -0.05) is 60.7 Å². The Kier molecular flexibility index (Phi) is 4.86. The van der Waals surface area contributed by atoms with Crippen molar-refractivity contribution >= 4 is 5.71 Å². The summed E-state index contributed by atoms with van der Waals surface area (Å²) in [7, 11) is 1.76. The first kappa shape index (κ1) is 14.8. The Labute approximate surface area is 132 Å². The van der Waals surface area contributed by atoms with Crippen LogP contribution in [0.25, 0.3) is 0 Å². The topological polar surface area (TPSA) is 24.8 Å². The molecular formula is C19H22N2O. The van der Waals surface area contributed by atoms with E-state index in [1.807, 2.05) is 12.1 Å². The van der Waals surface area contributed by atoms with Crippen LogP contribution in [0.3, 0.4) is 0 Å². The minimum Gasteiger partial charge on any atom is -0.382 e. The predicted molar refractivity (Wildman–Crippen MR) is 90.1 cm³/mol. The monoisotopic (exact) mass is 294 g/mol. The molecule has 1 aliphatic rings. The van der Waals surface area contributed by atoms with E-state index in [-0.39, 0.29) is 0 Å². The van der Waals surface area contributed by atoms with Crippen molar-refractivity contribution in [1.82, 2.24) is 5.01 Å². The van der Waals surface area contributed by atoms with E-state index >= 15 is 0 Å². The maximum Gasteiger partial charge on any atom is 0.0976 e. The van der Waals surface area contributed by atoms with Crippen molar-refractivity contribution in [3.63, 3.8) is 0 Å². The first-order chi connectivity index (χ1) is 10.9. The van der Waals surface area contributed by atoms with Crippen molar-refractivity contribution in [2.45, 2.75) is 18.9 Å². The molecular weight excluding hydrogens is 272 g/mol. The van der Waals surface area contributed by atoms with E-state index in [0.717, 1.165) is 36.4 Å². The lowest BCUT2D eigenvalue weighted by molar-refractivity contribution is 0.118. The summed E-state index contributed by atoms with van der Waals surface area (Å²) in [6, 6.07) is 21.2. The minimum atomic E-state index is 0.382. The van der Waals surface area contributed by atoms with Gasteiger partial charge in [0.05, 0.1) is 18.4 Å². The molecule has 3 nitrogen and oxygen atoms in total. The van der Waals surface area contributed by atoms with Crippen LogP contribution in [0.5, 0.6) is 0 Å². The summed E-state index contributed by atoms with van der Waals surface area (Å²) >= 11 is 0. The lowest BCUT2D eigenvalue weighted by Gasteiger charge is -2.22.